The molecule has 3 nitrogen and oxygen atoms in total. The van der Waals surface area contributed by atoms with E-state index in [1.807, 2.05) is 0 Å². The van der Waals surface area contributed by atoms with E-state index in [-0.39, 0.29) is 23.7 Å². The lowest BCUT2D eigenvalue weighted by molar-refractivity contribution is -0.156. The molecular weight excluding hydrogens is 288 g/mol. The molecule has 116 valence electrons. The molecule has 1 fully saturated rings. The second-order valence-corrected chi connectivity index (χ2v) is 6.39. The van der Waals surface area contributed by atoms with Crippen molar-refractivity contribution in [1.29, 1.82) is 0 Å². The minimum Gasteiger partial charge on any atom is -0.382 e. The normalized spacial score (nSPS) is 31.5. The monoisotopic (exact) mass is 310 g/mol. The number of hydrogen-bond donors (Lipinski definition) is 0. The van der Waals surface area contributed by atoms with Gasteiger partial charge in [-0.1, -0.05) is 24.3 Å². The number of hydrogen-bond acceptors (Lipinski definition) is 3. The van der Waals surface area contributed by atoms with Gasteiger partial charge in [0.25, 0.3) is 0 Å². The molecule has 0 bridgehead atoms. The number of fused-ring (bicyclic) bond motifs is 1. The van der Waals surface area contributed by atoms with Crippen molar-refractivity contribution >= 4 is 11.6 Å². The SMILES string of the molecule is COCCOC1C(Cl)CC1OC1CCCc2ccccc21. The predicted molar refractivity (Wildman–Crippen MR) is 82.9 cm³/mol. The summed E-state index contributed by atoms with van der Waals surface area (Å²) < 4.78 is 17.1. The lowest BCUT2D eigenvalue weighted by atomic mass is 9.87. The molecule has 1 aromatic carbocycles. The van der Waals surface area contributed by atoms with Gasteiger partial charge in [-0.3, -0.25) is 0 Å². The molecule has 2 aliphatic carbocycles. The van der Waals surface area contributed by atoms with Crippen molar-refractivity contribution in [2.75, 3.05) is 20.3 Å². The van der Waals surface area contributed by atoms with Gasteiger partial charge in [0.2, 0.25) is 0 Å². The summed E-state index contributed by atoms with van der Waals surface area (Å²) in [5, 5.41) is 0.0608. The van der Waals surface area contributed by atoms with Crippen LogP contribution in [0, 0.1) is 0 Å². The van der Waals surface area contributed by atoms with Gasteiger partial charge in [0.15, 0.2) is 0 Å². The number of rotatable bonds is 6. The van der Waals surface area contributed by atoms with Gasteiger partial charge in [-0.2, -0.15) is 0 Å². The van der Waals surface area contributed by atoms with Gasteiger partial charge in [-0.25, -0.2) is 0 Å². The molecule has 21 heavy (non-hydrogen) atoms. The van der Waals surface area contributed by atoms with Crippen LogP contribution >= 0.6 is 11.6 Å². The highest BCUT2D eigenvalue weighted by Gasteiger charge is 2.43. The molecule has 0 N–H and O–H groups in total. The van der Waals surface area contributed by atoms with Gasteiger partial charge in [0, 0.05) is 7.11 Å². The zero-order valence-electron chi connectivity index (χ0n) is 12.5. The van der Waals surface area contributed by atoms with Gasteiger partial charge in [-0.15, -0.1) is 11.6 Å². The Morgan fingerprint density at radius 1 is 1.24 bits per heavy atom. The summed E-state index contributed by atoms with van der Waals surface area (Å²) >= 11 is 6.26. The second kappa shape index (κ2) is 7.10. The van der Waals surface area contributed by atoms with Crippen LogP contribution in [-0.4, -0.2) is 37.9 Å². The van der Waals surface area contributed by atoms with E-state index in [9.17, 15) is 0 Å². The van der Waals surface area contributed by atoms with Crippen molar-refractivity contribution in [3.8, 4) is 0 Å². The highest BCUT2D eigenvalue weighted by molar-refractivity contribution is 6.21. The zero-order valence-corrected chi connectivity index (χ0v) is 13.2. The van der Waals surface area contributed by atoms with Crippen molar-refractivity contribution < 1.29 is 14.2 Å². The summed E-state index contributed by atoms with van der Waals surface area (Å²) in [5.74, 6) is 0. The van der Waals surface area contributed by atoms with E-state index >= 15 is 0 Å². The molecule has 3 rings (SSSR count). The smallest absolute Gasteiger partial charge is 0.100 e. The Labute approximate surface area is 131 Å². The van der Waals surface area contributed by atoms with Crippen molar-refractivity contribution in [3.63, 3.8) is 0 Å². The summed E-state index contributed by atoms with van der Waals surface area (Å²) in [6.07, 6.45) is 4.61. The molecule has 1 saturated carbocycles. The van der Waals surface area contributed by atoms with E-state index in [0.29, 0.717) is 13.2 Å². The molecule has 1 aromatic rings. The van der Waals surface area contributed by atoms with Gasteiger partial charge in [0.05, 0.1) is 30.8 Å². The maximum absolute atomic E-state index is 6.32. The van der Waals surface area contributed by atoms with Gasteiger partial charge in [-0.05, 0) is 36.8 Å². The Morgan fingerprint density at radius 3 is 2.90 bits per heavy atom. The van der Waals surface area contributed by atoms with Crippen LogP contribution in [0.2, 0.25) is 0 Å². The molecule has 2 aliphatic rings. The first-order valence-corrected chi connectivity index (χ1v) is 8.21. The zero-order chi connectivity index (χ0) is 14.7. The van der Waals surface area contributed by atoms with Gasteiger partial charge >= 0.3 is 0 Å². The Hall–Kier alpha value is -0.610. The third-order valence-electron chi connectivity index (χ3n) is 4.43. The lowest BCUT2D eigenvalue weighted by Crippen LogP contribution is -2.51. The molecule has 4 atom stereocenters. The fourth-order valence-corrected chi connectivity index (χ4v) is 3.61. The quantitative estimate of drug-likeness (QED) is 0.594. The van der Waals surface area contributed by atoms with Crippen LogP contribution in [0.1, 0.15) is 36.5 Å². The maximum Gasteiger partial charge on any atom is 0.100 e. The number of halogens is 1. The van der Waals surface area contributed by atoms with Crippen molar-refractivity contribution in [2.45, 2.75) is 49.4 Å². The predicted octanol–water partition coefficient (Wildman–Crippen LogP) is 3.49. The minimum absolute atomic E-state index is 0.00379. The van der Waals surface area contributed by atoms with Crippen LogP contribution < -0.4 is 0 Å². The highest BCUT2D eigenvalue weighted by Crippen LogP contribution is 2.39. The van der Waals surface area contributed by atoms with Crippen LogP contribution in [0.3, 0.4) is 0 Å². The lowest BCUT2D eigenvalue weighted by Gasteiger charge is -2.43. The topological polar surface area (TPSA) is 27.7 Å². The fraction of sp³-hybridized carbons (Fsp3) is 0.647. The Morgan fingerprint density at radius 2 is 2.10 bits per heavy atom. The summed E-state index contributed by atoms with van der Waals surface area (Å²) in [6, 6.07) is 8.60. The average molecular weight is 311 g/mol. The molecule has 0 aliphatic heterocycles. The molecular formula is C17H23ClO3. The first-order valence-electron chi connectivity index (χ1n) is 7.77. The largest absolute Gasteiger partial charge is 0.382 e. The maximum atomic E-state index is 6.32. The Bertz CT molecular complexity index is 465. The summed E-state index contributed by atoms with van der Waals surface area (Å²) in [7, 11) is 1.68. The van der Waals surface area contributed by atoms with E-state index in [1.165, 1.54) is 17.5 Å². The van der Waals surface area contributed by atoms with E-state index in [4.69, 9.17) is 25.8 Å². The van der Waals surface area contributed by atoms with E-state index in [1.54, 1.807) is 7.11 Å². The molecule has 4 heteroatoms. The van der Waals surface area contributed by atoms with Crippen molar-refractivity contribution in [1.82, 2.24) is 0 Å². The number of aryl methyl sites for hydroxylation is 1. The van der Waals surface area contributed by atoms with E-state index in [2.05, 4.69) is 24.3 Å². The number of ether oxygens (including phenoxy) is 3. The summed E-state index contributed by atoms with van der Waals surface area (Å²) in [5.41, 5.74) is 2.77. The van der Waals surface area contributed by atoms with Gasteiger partial charge in [0.1, 0.15) is 6.10 Å². The van der Waals surface area contributed by atoms with Crippen molar-refractivity contribution in [2.24, 2.45) is 0 Å². The van der Waals surface area contributed by atoms with Crippen LogP contribution in [0.25, 0.3) is 0 Å². The standard InChI is InChI=1S/C17H23ClO3/c1-19-9-10-20-17-14(18)11-16(17)21-15-8-4-6-12-5-2-3-7-13(12)15/h2-3,5,7,14-17H,4,6,8-11H2,1H3. The third kappa shape index (κ3) is 3.42. The van der Waals surface area contributed by atoms with Crippen LogP contribution in [0.15, 0.2) is 24.3 Å². The molecule has 4 unspecified atom stereocenters. The first-order chi connectivity index (χ1) is 10.3. The second-order valence-electron chi connectivity index (χ2n) is 5.83. The summed E-state index contributed by atoms with van der Waals surface area (Å²) in [6.45, 7) is 1.17. The first kappa shape index (κ1) is 15.3. The van der Waals surface area contributed by atoms with Crippen LogP contribution in [0.5, 0.6) is 0 Å². The molecule has 0 heterocycles. The molecule has 0 saturated heterocycles. The van der Waals surface area contributed by atoms with E-state index in [0.717, 1.165) is 19.3 Å². The molecule has 0 radical (unpaired) electrons. The number of methoxy groups -OCH3 is 1. The fourth-order valence-electron chi connectivity index (χ4n) is 3.20. The minimum atomic E-state index is -0.00379. The van der Waals surface area contributed by atoms with E-state index < -0.39 is 0 Å². The Balaban J connectivity index is 1.59. The highest BCUT2D eigenvalue weighted by atomic mass is 35.5. The Kier molecular flexibility index (Phi) is 5.17. The molecule has 0 amide bonds. The van der Waals surface area contributed by atoms with Crippen LogP contribution in [-0.2, 0) is 20.6 Å². The van der Waals surface area contributed by atoms with Gasteiger partial charge < -0.3 is 14.2 Å². The average Bonchev–Trinajstić information content (AvgIpc) is 2.51. The number of alkyl halides is 1. The summed E-state index contributed by atoms with van der Waals surface area (Å²) in [4.78, 5) is 0. The molecule has 0 spiro atoms. The van der Waals surface area contributed by atoms with Crippen LogP contribution in [0.4, 0.5) is 0 Å². The number of benzene rings is 1. The van der Waals surface area contributed by atoms with Crippen molar-refractivity contribution in [3.05, 3.63) is 35.4 Å². The molecule has 0 aromatic heterocycles. The third-order valence-corrected chi connectivity index (χ3v) is 4.86.